The Balaban J connectivity index is 2.71. The number of benzene rings is 1. The fraction of sp³-hybridized carbons (Fsp3) is 0.333. The summed E-state index contributed by atoms with van der Waals surface area (Å²) >= 11 is -1.98. The molecule has 0 radical (unpaired) electrons. The molecule has 1 aromatic rings. The number of aryl methyl sites for hydroxylation is 1. The summed E-state index contributed by atoms with van der Waals surface area (Å²) in [4.78, 5) is 0. The molecule has 12 heavy (non-hydrogen) atoms. The van der Waals surface area contributed by atoms with Crippen molar-refractivity contribution in [3.05, 3.63) is 35.4 Å². The minimum atomic E-state index is -1.98. The molecule has 0 saturated carbocycles. The molecule has 0 saturated heterocycles. The lowest BCUT2D eigenvalue weighted by molar-refractivity contribution is 0.536. The molecule has 0 aliphatic rings. The summed E-state index contributed by atoms with van der Waals surface area (Å²) in [5, 5.41) is 0. The van der Waals surface area contributed by atoms with Gasteiger partial charge >= 0.3 is 0 Å². The fourth-order valence-electron chi connectivity index (χ4n) is 1.01. The third kappa shape index (κ3) is 2.75. The molecule has 0 aliphatic heterocycles. The Morgan fingerprint density at radius 1 is 1.25 bits per heavy atom. The molecule has 0 N–H and O–H groups in total. The molecule has 0 aliphatic carbocycles. The Hall–Kier alpha value is -0.670. The van der Waals surface area contributed by atoms with Crippen LogP contribution in [0.15, 0.2) is 24.3 Å². The Bertz CT molecular complexity index is 266. The molecule has 0 heterocycles. The SMILES string of the molecule is CCc1ccc(CS(=O)[O-])cc1. The van der Waals surface area contributed by atoms with Crippen molar-refractivity contribution >= 4 is 11.1 Å². The topological polar surface area (TPSA) is 40.1 Å². The van der Waals surface area contributed by atoms with E-state index in [4.69, 9.17) is 0 Å². The third-order valence-electron chi connectivity index (χ3n) is 1.72. The lowest BCUT2D eigenvalue weighted by Gasteiger charge is -2.05. The van der Waals surface area contributed by atoms with E-state index in [1.807, 2.05) is 24.3 Å². The highest BCUT2D eigenvalue weighted by Gasteiger charge is 1.92. The maximum atomic E-state index is 10.3. The van der Waals surface area contributed by atoms with Gasteiger partial charge in [0.05, 0.1) is 0 Å². The van der Waals surface area contributed by atoms with E-state index in [9.17, 15) is 8.76 Å². The molecular formula is C9H11O2S-. The van der Waals surface area contributed by atoms with Gasteiger partial charge in [-0.05, 0) is 17.5 Å². The highest BCUT2D eigenvalue weighted by atomic mass is 32.2. The first-order chi connectivity index (χ1) is 5.72. The summed E-state index contributed by atoms with van der Waals surface area (Å²) in [6, 6.07) is 7.63. The smallest absolute Gasteiger partial charge is 0.0353 e. The minimum absolute atomic E-state index is 0.115. The first-order valence-electron chi connectivity index (χ1n) is 3.86. The van der Waals surface area contributed by atoms with Crippen molar-refractivity contribution in [2.75, 3.05) is 0 Å². The van der Waals surface area contributed by atoms with Crippen LogP contribution in [0.3, 0.4) is 0 Å². The van der Waals surface area contributed by atoms with Crippen LogP contribution < -0.4 is 0 Å². The van der Waals surface area contributed by atoms with Crippen molar-refractivity contribution in [1.29, 1.82) is 0 Å². The van der Waals surface area contributed by atoms with Gasteiger partial charge < -0.3 is 4.55 Å². The first-order valence-corrected chi connectivity index (χ1v) is 5.10. The van der Waals surface area contributed by atoms with Gasteiger partial charge in [-0.25, -0.2) is 0 Å². The van der Waals surface area contributed by atoms with Gasteiger partial charge in [-0.3, -0.25) is 4.21 Å². The van der Waals surface area contributed by atoms with E-state index in [1.165, 1.54) is 5.56 Å². The van der Waals surface area contributed by atoms with Crippen molar-refractivity contribution in [3.63, 3.8) is 0 Å². The van der Waals surface area contributed by atoms with E-state index < -0.39 is 11.1 Å². The molecule has 1 aromatic carbocycles. The zero-order valence-electron chi connectivity index (χ0n) is 6.95. The number of hydrogen-bond donors (Lipinski definition) is 0. The van der Waals surface area contributed by atoms with Gasteiger partial charge in [0.2, 0.25) is 0 Å². The van der Waals surface area contributed by atoms with Crippen LogP contribution in [0.25, 0.3) is 0 Å². The molecule has 1 rings (SSSR count). The highest BCUT2D eigenvalue weighted by Crippen LogP contribution is 2.06. The van der Waals surface area contributed by atoms with E-state index in [0.29, 0.717) is 0 Å². The molecule has 1 atom stereocenters. The number of hydrogen-bond acceptors (Lipinski definition) is 2. The normalized spacial score (nSPS) is 12.8. The number of rotatable bonds is 3. The van der Waals surface area contributed by atoms with E-state index in [0.717, 1.165) is 12.0 Å². The second-order valence-corrected chi connectivity index (χ2v) is 3.51. The van der Waals surface area contributed by atoms with Gasteiger partial charge in [-0.1, -0.05) is 42.3 Å². The molecule has 3 heteroatoms. The van der Waals surface area contributed by atoms with Crippen LogP contribution in [0.4, 0.5) is 0 Å². The summed E-state index contributed by atoms with van der Waals surface area (Å²) in [5.74, 6) is 0.115. The lowest BCUT2D eigenvalue weighted by Crippen LogP contribution is -1.93. The van der Waals surface area contributed by atoms with Crippen molar-refractivity contribution < 1.29 is 8.76 Å². The molecule has 0 amide bonds. The molecule has 2 nitrogen and oxygen atoms in total. The fourth-order valence-corrected chi connectivity index (χ4v) is 1.47. The maximum Gasteiger partial charge on any atom is 0.0353 e. The van der Waals surface area contributed by atoms with E-state index in [1.54, 1.807) is 0 Å². The molecule has 0 spiro atoms. The second-order valence-electron chi connectivity index (χ2n) is 2.62. The van der Waals surface area contributed by atoms with Crippen LogP contribution in [-0.4, -0.2) is 8.76 Å². The van der Waals surface area contributed by atoms with E-state index in [-0.39, 0.29) is 5.75 Å². The second kappa shape index (κ2) is 4.38. The van der Waals surface area contributed by atoms with Gasteiger partial charge in [0.1, 0.15) is 0 Å². The zero-order chi connectivity index (χ0) is 8.97. The summed E-state index contributed by atoms with van der Waals surface area (Å²) < 4.78 is 20.6. The van der Waals surface area contributed by atoms with Crippen LogP contribution in [-0.2, 0) is 23.3 Å². The van der Waals surface area contributed by atoms with Crippen molar-refractivity contribution in [1.82, 2.24) is 0 Å². The van der Waals surface area contributed by atoms with Gasteiger partial charge in [0.15, 0.2) is 0 Å². The van der Waals surface area contributed by atoms with Crippen molar-refractivity contribution in [2.45, 2.75) is 19.1 Å². The molecule has 0 fully saturated rings. The van der Waals surface area contributed by atoms with Gasteiger partial charge in [0.25, 0.3) is 0 Å². The van der Waals surface area contributed by atoms with Crippen LogP contribution in [0.2, 0.25) is 0 Å². The predicted molar refractivity (Wildman–Crippen MR) is 48.4 cm³/mol. The van der Waals surface area contributed by atoms with E-state index in [2.05, 4.69) is 6.92 Å². The molecule has 0 bridgehead atoms. The molecule has 66 valence electrons. The zero-order valence-corrected chi connectivity index (χ0v) is 7.76. The van der Waals surface area contributed by atoms with Crippen LogP contribution in [0.5, 0.6) is 0 Å². The summed E-state index contributed by atoms with van der Waals surface area (Å²) in [5.41, 5.74) is 2.08. The quantitative estimate of drug-likeness (QED) is 0.668. The van der Waals surface area contributed by atoms with Crippen molar-refractivity contribution in [3.8, 4) is 0 Å². The standard InChI is InChI=1S/C9H12O2S/c1-2-8-3-5-9(6-4-8)7-12(10)11/h3-6H,2,7H2,1H3,(H,10,11)/p-1. The summed E-state index contributed by atoms with van der Waals surface area (Å²) in [7, 11) is 0. The Labute approximate surface area is 74.9 Å². The maximum absolute atomic E-state index is 10.3. The van der Waals surface area contributed by atoms with E-state index >= 15 is 0 Å². The predicted octanol–water partition coefficient (Wildman–Crippen LogP) is 1.63. The average Bonchev–Trinajstić information content (AvgIpc) is 2.05. The van der Waals surface area contributed by atoms with Crippen LogP contribution >= 0.6 is 0 Å². The molecular weight excluding hydrogens is 172 g/mol. The highest BCUT2D eigenvalue weighted by molar-refractivity contribution is 7.78. The monoisotopic (exact) mass is 183 g/mol. The van der Waals surface area contributed by atoms with Crippen LogP contribution in [0, 0.1) is 0 Å². The van der Waals surface area contributed by atoms with Gasteiger partial charge in [0, 0.05) is 5.75 Å². The molecule has 0 aromatic heterocycles. The molecule has 1 unspecified atom stereocenters. The largest absolute Gasteiger partial charge is 0.772 e. The van der Waals surface area contributed by atoms with Gasteiger partial charge in [-0.2, -0.15) is 0 Å². The Morgan fingerprint density at radius 2 is 1.75 bits per heavy atom. The summed E-state index contributed by atoms with van der Waals surface area (Å²) in [6.07, 6.45) is 0.987. The summed E-state index contributed by atoms with van der Waals surface area (Å²) in [6.45, 7) is 2.07. The van der Waals surface area contributed by atoms with Crippen molar-refractivity contribution in [2.24, 2.45) is 0 Å². The lowest BCUT2D eigenvalue weighted by atomic mass is 10.1. The Kier molecular flexibility index (Phi) is 3.44. The first kappa shape index (κ1) is 9.42. The van der Waals surface area contributed by atoms with Crippen LogP contribution in [0.1, 0.15) is 18.1 Å². The Morgan fingerprint density at radius 3 is 2.17 bits per heavy atom. The average molecular weight is 183 g/mol. The van der Waals surface area contributed by atoms with Gasteiger partial charge in [-0.15, -0.1) is 0 Å². The minimum Gasteiger partial charge on any atom is -0.772 e. The third-order valence-corrected chi connectivity index (χ3v) is 2.28.